The van der Waals surface area contributed by atoms with E-state index in [1.54, 1.807) is 23.7 Å². The molecule has 3 nitrogen and oxygen atoms in total. The zero-order valence-corrected chi connectivity index (χ0v) is 9.95. The molecule has 16 heavy (non-hydrogen) atoms. The van der Waals surface area contributed by atoms with Crippen molar-refractivity contribution in [2.45, 2.75) is 19.8 Å². The summed E-state index contributed by atoms with van der Waals surface area (Å²) in [7, 11) is 0. The predicted octanol–water partition coefficient (Wildman–Crippen LogP) is 3.20. The van der Waals surface area contributed by atoms with Gasteiger partial charge in [-0.3, -0.25) is 0 Å². The van der Waals surface area contributed by atoms with Crippen LogP contribution in [0, 0.1) is 11.3 Å². The fraction of sp³-hybridized carbons (Fsp3) is 0.250. The molecule has 0 unspecified atom stereocenters. The molecule has 80 valence electrons. The fourth-order valence-electron chi connectivity index (χ4n) is 1.30. The molecule has 0 bridgehead atoms. The normalized spacial score (nSPS) is 10.4. The van der Waals surface area contributed by atoms with E-state index in [0.717, 1.165) is 4.88 Å². The first-order chi connectivity index (χ1) is 7.70. The van der Waals surface area contributed by atoms with Crippen molar-refractivity contribution < 1.29 is 0 Å². The number of nitriles is 1. The van der Waals surface area contributed by atoms with Crippen LogP contribution in [0.1, 0.15) is 30.2 Å². The van der Waals surface area contributed by atoms with Gasteiger partial charge in [-0.05, 0) is 18.1 Å². The quantitative estimate of drug-likeness (QED) is 0.794. The number of hydrogen-bond donors (Lipinski definition) is 0. The Balaban J connectivity index is 2.32. The van der Waals surface area contributed by atoms with Gasteiger partial charge in [-0.15, -0.1) is 11.3 Å². The van der Waals surface area contributed by atoms with Crippen LogP contribution in [0.25, 0.3) is 10.7 Å². The van der Waals surface area contributed by atoms with Crippen molar-refractivity contribution in [3.63, 3.8) is 0 Å². The molecular formula is C12H11N3S. The first-order valence-electron chi connectivity index (χ1n) is 5.03. The Hall–Kier alpha value is -1.73. The Labute approximate surface area is 98.4 Å². The third-order valence-corrected chi connectivity index (χ3v) is 3.58. The van der Waals surface area contributed by atoms with Crippen LogP contribution in [-0.2, 0) is 0 Å². The van der Waals surface area contributed by atoms with Gasteiger partial charge in [-0.2, -0.15) is 5.26 Å². The lowest BCUT2D eigenvalue weighted by Gasteiger charge is -1.98. The summed E-state index contributed by atoms with van der Waals surface area (Å²) in [6.45, 7) is 4.32. The monoisotopic (exact) mass is 229 g/mol. The molecule has 0 aliphatic rings. The number of aromatic nitrogens is 2. The van der Waals surface area contributed by atoms with Crippen molar-refractivity contribution in [3.05, 3.63) is 35.0 Å². The van der Waals surface area contributed by atoms with Crippen LogP contribution >= 0.6 is 11.3 Å². The maximum Gasteiger partial charge on any atom is 0.169 e. The van der Waals surface area contributed by atoms with E-state index < -0.39 is 0 Å². The van der Waals surface area contributed by atoms with Crippen molar-refractivity contribution in [1.82, 2.24) is 9.97 Å². The van der Waals surface area contributed by atoms with Crippen LogP contribution in [0.2, 0.25) is 0 Å². The van der Waals surface area contributed by atoms with Crippen LogP contribution < -0.4 is 0 Å². The van der Waals surface area contributed by atoms with E-state index in [4.69, 9.17) is 5.26 Å². The van der Waals surface area contributed by atoms with E-state index in [1.807, 2.05) is 12.1 Å². The lowest BCUT2D eigenvalue weighted by molar-refractivity contribution is 0.890. The summed E-state index contributed by atoms with van der Waals surface area (Å²) in [5.74, 6) is 1.22. The summed E-state index contributed by atoms with van der Waals surface area (Å²) >= 11 is 1.70. The molecule has 4 heteroatoms. The van der Waals surface area contributed by atoms with Gasteiger partial charge in [-0.1, -0.05) is 13.8 Å². The van der Waals surface area contributed by atoms with E-state index in [1.165, 1.54) is 4.88 Å². The van der Waals surface area contributed by atoms with Crippen molar-refractivity contribution in [1.29, 1.82) is 5.26 Å². The number of nitrogens with zero attached hydrogens (tertiary/aromatic N) is 3. The highest BCUT2D eigenvalue weighted by atomic mass is 32.1. The lowest BCUT2D eigenvalue weighted by atomic mass is 10.2. The first-order valence-corrected chi connectivity index (χ1v) is 5.84. The van der Waals surface area contributed by atoms with E-state index in [2.05, 4.69) is 29.9 Å². The Morgan fingerprint density at radius 3 is 2.44 bits per heavy atom. The van der Waals surface area contributed by atoms with Gasteiger partial charge < -0.3 is 0 Å². The number of rotatable bonds is 2. The van der Waals surface area contributed by atoms with E-state index in [9.17, 15) is 0 Å². The molecule has 0 aromatic carbocycles. The van der Waals surface area contributed by atoms with E-state index >= 15 is 0 Å². The summed E-state index contributed by atoms with van der Waals surface area (Å²) in [6.07, 6.45) is 3.11. The SMILES string of the molecule is CC(C)c1ccc(-c2ncc(C#N)cn2)s1. The molecule has 2 aromatic rings. The van der Waals surface area contributed by atoms with Gasteiger partial charge in [0.1, 0.15) is 6.07 Å². The average molecular weight is 229 g/mol. The van der Waals surface area contributed by atoms with Gasteiger partial charge in [0.15, 0.2) is 5.82 Å². The second-order valence-electron chi connectivity index (χ2n) is 3.76. The topological polar surface area (TPSA) is 49.6 Å². The second-order valence-corrected chi connectivity index (χ2v) is 4.88. The van der Waals surface area contributed by atoms with Crippen LogP contribution in [0.3, 0.4) is 0 Å². The molecule has 0 N–H and O–H groups in total. The van der Waals surface area contributed by atoms with Crippen LogP contribution in [-0.4, -0.2) is 9.97 Å². The third kappa shape index (κ3) is 2.10. The zero-order valence-electron chi connectivity index (χ0n) is 9.14. The molecule has 2 aromatic heterocycles. The molecule has 0 aliphatic heterocycles. The molecule has 0 spiro atoms. The Morgan fingerprint density at radius 1 is 1.25 bits per heavy atom. The Morgan fingerprint density at radius 2 is 1.94 bits per heavy atom. The van der Waals surface area contributed by atoms with Gasteiger partial charge in [0.2, 0.25) is 0 Å². The third-order valence-electron chi connectivity index (χ3n) is 2.20. The highest BCUT2D eigenvalue weighted by Gasteiger charge is 2.07. The minimum absolute atomic E-state index is 0.490. The Kier molecular flexibility index (Phi) is 2.97. The summed E-state index contributed by atoms with van der Waals surface area (Å²) in [5, 5.41) is 8.65. The molecule has 2 rings (SSSR count). The van der Waals surface area contributed by atoms with Crippen molar-refractivity contribution in [2.75, 3.05) is 0 Å². The summed E-state index contributed by atoms with van der Waals surface area (Å²) in [6, 6.07) is 6.14. The number of thiophene rings is 1. The van der Waals surface area contributed by atoms with E-state index in [-0.39, 0.29) is 0 Å². The van der Waals surface area contributed by atoms with Crippen LogP contribution in [0.15, 0.2) is 24.5 Å². The largest absolute Gasteiger partial charge is 0.234 e. The molecule has 0 saturated heterocycles. The minimum atomic E-state index is 0.490. The standard InChI is InChI=1S/C12H11N3S/c1-8(2)10-3-4-11(16-10)12-14-6-9(5-13)7-15-12/h3-4,6-8H,1-2H3. The van der Waals surface area contributed by atoms with E-state index in [0.29, 0.717) is 17.3 Å². The maximum absolute atomic E-state index is 8.65. The van der Waals surface area contributed by atoms with Gasteiger partial charge in [0.05, 0.1) is 10.4 Å². The fourth-order valence-corrected chi connectivity index (χ4v) is 2.25. The maximum atomic E-state index is 8.65. The van der Waals surface area contributed by atoms with Gasteiger partial charge in [-0.25, -0.2) is 9.97 Å². The molecule has 0 fully saturated rings. The van der Waals surface area contributed by atoms with Crippen LogP contribution in [0.5, 0.6) is 0 Å². The van der Waals surface area contributed by atoms with Crippen molar-refractivity contribution >= 4 is 11.3 Å². The molecule has 0 amide bonds. The molecule has 0 radical (unpaired) electrons. The van der Waals surface area contributed by atoms with Gasteiger partial charge >= 0.3 is 0 Å². The van der Waals surface area contributed by atoms with Crippen molar-refractivity contribution in [2.24, 2.45) is 0 Å². The molecular weight excluding hydrogens is 218 g/mol. The molecule has 2 heterocycles. The van der Waals surface area contributed by atoms with Crippen molar-refractivity contribution in [3.8, 4) is 16.8 Å². The summed E-state index contributed by atoms with van der Waals surface area (Å²) in [4.78, 5) is 10.7. The lowest BCUT2D eigenvalue weighted by Crippen LogP contribution is -1.86. The zero-order chi connectivity index (χ0) is 11.5. The highest BCUT2D eigenvalue weighted by molar-refractivity contribution is 7.15. The van der Waals surface area contributed by atoms with Gasteiger partial charge in [0.25, 0.3) is 0 Å². The molecule has 0 saturated carbocycles. The average Bonchev–Trinajstić information content (AvgIpc) is 2.78. The predicted molar refractivity (Wildman–Crippen MR) is 64.1 cm³/mol. The Bertz CT molecular complexity index is 520. The molecule has 0 aliphatic carbocycles. The molecule has 0 atom stereocenters. The van der Waals surface area contributed by atoms with Gasteiger partial charge in [0, 0.05) is 17.3 Å². The first kappa shape index (κ1) is 10.8. The summed E-state index contributed by atoms with van der Waals surface area (Å²) < 4.78 is 0. The highest BCUT2D eigenvalue weighted by Crippen LogP contribution is 2.29. The number of hydrogen-bond acceptors (Lipinski definition) is 4. The summed E-state index contributed by atoms with van der Waals surface area (Å²) in [5.41, 5.74) is 0.490. The smallest absolute Gasteiger partial charge is 0.169 e. The second kappa shape index (κ2) is 4.42. The minimum Gasteiger partial charge on any atom is -0.234 e. The van der Waals surface area contributed by atoms with Crippen LogP contribution in [0.4, 0.5) is 0 Å².